The first-order chi connectivity index (χ1) is 7.74. The van der Waals surface area contributed by atoms with Crippen molar-refractivity contribution in [2.24, 2.45) is 5.92 Å². The average Bonchev–Trinajstić information content (AvgIpc) is 2.82. The average molecular weight is 237 g/mol. The van der Waals surface area contributed by atoms with Crippen molar-refractivity contribution in [3.05, 3.63) is 29.1 Å². The molecule has 2 aromatic rings. The highest BCUT2D eigenvalue weighted by molar-refractivity contribution is 6.31. The molecule has 16 heavy (non-hydrogen) atoms. The van der Waals surface area contributed by atoms with Crippen LogP contribution in [0, 0.1) is 5.92 Å². The normalized spacial score (nSPS) is 25.4. The third-order valence-electron chi connectivity index (χ3n) is 3.20. The zero-order valence-electron chi connectivity index (χ0n) is 9.03. The third kappa shape index (κ3) is 1.60. The molecule has 0 bridgehead atoms. The molecule has 1 aromatic heterocycles. The number of oxazole rings is 1. The SMILES string of the molecule is C[C@@H]1CNC[C@H]1c1nc2cc(Cl)ccc2o1. The summed E-state index contributed by atoms with van der Waals surface area (Å²) in [6, 6.07) is 5.55. The maximum atomic E-state index is 5.92. The summed E-state index contributed by atoms with van der Waals surface area (Å²) in [5.74, 6) is 1.78. The fraction of sp³-hybridized carbons (Fsp3) is 0.417. The maximum absolute atomic E-state index is 5.92. The Morgan fingerprint density at radius 3 is 3.06 bits per heavy atom. The van der Waals surface area contributed by atoms with E-state index in [2.05, 4.69) is 17.2 Å². The summed E-state index contributed by atoms with van der Waals surface area (Å²) < 4.78 is 5.77. The molecule has 1 N–H and O–H groups in total. The molecule has 0 radical (unpaired) electrons. The topological polar surface area (TPSA) is 38.1 Å². The van der Waals surface area contributed by atoms with E-state index in [0.29, 0.717) is 16.9 Å². The van der Waals surface area contributed by atoms with Gasteiger partial charge in [-0.05, 0) is 30.7 Å². The van der Waals surface area contributed by atoms with Crippen molar-refractivity contribution in [3.8, 4) is 0 Å². The van der Waals surface area contributed by atoms with Gasteiger partial charge in [-0.1, -0.05) is 18.5 Å². The van der Waals surface area contributed by atoms with Crippen molar-refractivity contribution in [1.82, 2.24) is 10.3 Å². The number of hydrogen-bond donors (Lipinski definition) is 1. The molecule has 2 atom stereocenters. The number of hydrogen-bond acceptors (Lipinski definition) is 3. The minimum absolute atomic E-state index is 0.381. The van der Waals surface area contributed by atoms with Crippen LogP contribution in [-0.4, -0.2) is 18.1 Å². The van der Waals surface area contributed by atoms with Crippen LogP contribution < -0.4 is 5.32 Å². The van der Waals surface area contributed by atoms with Crippen molar-refractivity contribution >= 4 is 22.7 Å². The van der Waals surface area contributed by atoms with Gasteiger partial charge < -0.3 is 9.73 Å². The number of halogens is 1. The molecule has 1 saturated heterocycles. The van der Waals surface area contributed by atoms with Gasteiger partial charge in [0.1, 0.15) is 5.52 Å². The largest absolute Gasteiger partial charge is 0.440 e. The van der Waals surface area contributed by atoms with Crippen LogP contribution in [0.5, 0.6) is 0 Å². The van der Waals surface area contributed by atoms with Gasteiger partial charge in [0.15, 0.2) is 11.5 Å². The number of fused-ring (bicyclic) bond motifs is 1. The summed E-state index contributed by atoms with van der Waals surface area (Å²) in [6.07, 6.45) is 0. The fourth-order valence-electron chi connectivity index (χ4n) is 2.22. The van der Waals surface area contributed by atoms with Gasteiger partial charge in [-0.15, -0.1) is 0 Å². The van der Waals surface area contributed by atoms with E-state index < -0.39 is 0 Å². The second kappa shape index (κ2) is 3.75. The molecule has 4 heteroatoms. The third-order valence-corrected chi connectivity index (χ3v) is 3.44. The van der Waals surface area contributed by atoms with Crippen molar-refractivity contribution in [2.45, 2.75) is 12.8 Å². The van der Waals surface area contributed by atoms with Gasteiger partial charge in [0.25, 0.3) is 0 Å². The lowest BCUT2D eigenvalue weighted by atomic mass is 9.98. The first-order valence-electron chi connectivity index (χ1n) is 5.51. The molecule has 3 nitrogen and oxygen atoms in total. The Balaban J connectivity index is 2.04. The number of nitrogens with zero attached hydrogens (tertiary/aromatic N) is 1. The van der Waals surface area contributed by atoms with E-state index >= 15 is 0 Å². The van der Waals surface area contributed by atoms with Gasteiger partial charge in [-0.3, -0.25) is 0 Å². The quantitative estimate of drug-likeness (QED) is 0.828. The van der Waals surface area contributed by atoms with Crippen LogP contribution in [0.1, 0.15) is 18.7 Å². The van der Waals surface area contributed by atoms with Gasteiger partial charge in [0.05, 0.1) is 5.92 Å². The second-order valence-corrected chi connectivity index (χ2v) is 4.84. The van der Waals surface area contributed by atoms with Crippen molar-refractivity contribution in [1.29, 1.82) is 0 Å². The lowest BCUT2D eigenvalue weighted by Gasteiger charge is -2.08. The molecule has 1 aliphatic heterocycles. The van der Waals surface area contributed by atoms with Gasteiger partial charge in [0, 0.05) is 11.6 Å². The fourth-order valence-corrected chi connectivity index (χ4v) is 2.38. The van der Waals surface area contributed by atoms with Crippen LogP contribution in [0.25, 0.3) is 11.1 Å². The van der Waals surface area contributed by atoms with Gasteiger partial charge in [-0.2, -0.15) is 0 Å². The number of benzene rings is 1. The molecule has 1 aromatic carbocycles. The minimum atomic E-state index is 0.381. The van der Waals surface area contributed by atoms with Crippen molar-refractivity contribution in [2.75, 3.05) is 13.1 Å². The molecule has 0 spiro atoms. The van der Waals surface area contributed by atoms with E-state index in [4.69, 9.17) is 16.0 Å². The Morgan fingerprint density at radius 2 is 2.31 bits per heavy atom. The molecule has 0 amide bonds. The minimum Gasteiger partial charge on any atom is -0.440 e. The lowest BCUT2D eigenvalue weighted by Crippen LogP contribution is -2.08. The van der Waals surface area contributed by atoms with E-state index in [-0.39, 0.29) is 0 Å². The highest BCUT2D eigenvalue weighted by atomic mass is 35.5. The van der Waals surface area contributed by atoms with Crippen LogP contribution in [0.15, 0.2) is 22.6 Å². The lowest BCUT2D eigenvalue weighted by molar-refractivity contribution is 0.435. The Kier molecular flexibility index (Phi) is 2.37. The van der Waals surface area contributed by atoms with E-state index in [1.165, 1.54) is 0 Å². The zero-order valence-corrected chi connectivity index (χ0v) is 9.79. The Labute approximate surface area is 98.8 Å². The summed E-state index contributed by atoms with van der Waals surface area (Å²) >= 11 is 5.92. The summed E-state index contributed by atoms with van der Waals surface area (Å²) in [5, 5.41) is 4.05. The highest BCUT2D eigenvalue weighted by Gasteiger charge is 2.28. The van der Waals surface area contributed by atoms with Crippen LogP contribution in [0.3, 0.4) is 0 Å². The van der Waals surface area contributed by atoms with E-state index in [1.807, 2.05) is 18.2 Å². The number of aromatic nitrogens is 1. The molecule has 3 rings (SSSR count). The molecule has 2 heterocycles. The molecule has 84 valence electrons. The molecule has 1 fully saturated rings. The van der Waals surface area contributed by atoms with Gasteiger partial charge >= 0.3 is 0 Å². The monoisotopic (exact) mass is 236 g/mol. The van der Waals surface area contributed by atoms with E-state index in [0.717, 1.165) is 30.1 Å². The van der Waals surface area contributed by atoms with Crippen molar-refractivity contribution in [3.63, 3.8) is 0 Å². The van der Waals surface area contributed by atoms with Crippen LogP contribution >= 0.6 is 11.6 Å². The van der Waals surface area contributed by atoms with E-state index in [1.54, 1.807) is 0 Å². The molecule has 0 unspecified atom stereocenters. The smallest absolute Gasteiger partial charge is 0.200 e. The predicted molar refractivity (Wildman–Crippen MR) is 63.8 cm³/mol. The van der Waals surface area contributed by atoms with Crippen molar-refractivity contribution < 1.29 is 4.42 Å². The molecule has 0 saturated carbocycles. The zero-order chi connectivity index (χ0) is 11.1. The first kappa shape index (κ1) is 10.1. The Bertz CT molecular complexity index is 523. The molecular weight excluding hydrogens is 224 g/mol. The number of rotatable bonds is 1. The van der Waals surface area contributed by atoms with E-state index in [9.17, 15) is 0 Å². The van der Waals surface area contributed by atoms with Crippen LogP contribution in [0.4, 0.5) is 0 Å². The molecule has 0 aliphatic carbocycles. The van der Waals surface area contributed by atoms with Crippen LogP contribution in [-0.2, 0) is 0 Å². The summed E-state index contributed by atoms with van der Waals surface area (Å²) in [7, 11) is 0. The summed E-state index contributed by atoms with van der Waals surface area (Å²) in [5.41, 5.74) is 1.67. The van der Waals surface area contributed by atoms with Gasteiger partial charge in [-0.25, -0.2) is 4.98 Å². The van der Waals surface area contributed by atoms with Crippen LogP contribution in [0.2, 0.25) is 5.02 Å². The summed E-state index contributed by atoms with van der Waals surface area (Å²) in [6.45, 7) is 4.19. The first-order valence-corrected chi connectivity index (χ1v) is 5.88. The Morgan fingerprint density at radius 1 is 1.44 bits per heavy atom. The highest BCUT2D eigenvalue weighted by Crippen LogP contribution is 2.30. The standard InChI is InChI=1S/C12H13ClN2O/c1-7-5-14-6-9(7)12-15-10-4-8(13)2-3-11(10)16-12/h2-4,7,9,14H,5-6H2,1H3/t7-,9-/m1/s1. The predicted octanol–water partition coefficient (Wildman–Crippen LogP) is 2.80. The maximum Gasteiger partial charge on any atom is 0.200 e. The molecule has 1 aliphatic rings. The summed E-state index contributed by atoms with van der Waals surface area (Å²) in [4.78, 5) is 4.51. The Hall–Kier alpha value is -1.06. The van der Waals surface area contributed by atoms with Gasteiger partial charge in [0.2, 0.25) is 0 Å². The molecular formula is C12H13ClN2O. The second-order valence-electron chi connectivity index (χ2n) is 4.41. The number of nitrogens with one attached hydrogen (secondary N) is 1.